The van der Waals surface area contributed by atoms with Gasteiger partial charge in [0.05, 0.1) is 17.1 Å². The van der Waals surface area contributed by atoms with Crippen LogP contribution in [0.2, 0.25) is 0 Å². The summed E-state index contributed by atoms with van der Waals surface area (Å²) in [4.78, 5) is 15.5. The Labute approximate surface area is 125 Å². The molecule has 1 aliphatic rings. The Kier molecular flexibility index (Phi) is 4.07. The van der Waals surface area contributed by atoms with Crippen LogP contribution in [-0.4, -0.2) is 31.6 Å². The highest BCUT2D eigenvalue weighted by Gasteiger charge is 2.29. The normalized spacial score (nSPS) is 19.6. The summed E-state index contributed by atoms with van der Waals surface area (Å²) in [6, 6.07) is 0.242. The molecule has 0 saturated carbocycles. The molecule has 1 aliphatic heterocycles. The van der Waals surface area contributed by atoms with E-state index < -0.39 is 0 Å². The molecule has 0 bridgehead atoms. The molecule has 1 unspecified atom stereocenters. The van der Waals surface area contributed by atoms with E-state index in [9.17, 15) is 0 Å². The first-order valence-electron chi connectivity index (χ1n) is 6.79. The van der Waals surface area contributed by atoms with Gasteiger partial charge in [0.1, 0.15) is 5.82 Å². The van der Waals surface area contributed by atoms with Gasteiger partial charge in [-0.25, -0.2) is 9.97 Å². The van der Waals surface area contributed by atoms with Gasteiger partial charge in [-0.2, -0.15) is 4.98 Å². The summed E-state index contributed by atoms with van der Waals surface area (Å²) in [6.07, 6.45) is 6.57. The van der Waals surface area contributed by atoms with E-state index in [0.717, 1.165) is 41.9 Å². The lowest BCUT2D eigenvalue weighted by Crippen LogP contribution is -2.24. The molecule has 0 aromatic carbocycles. The molecule has 1 saturated heterocycles. The minimum Gasteiger partial charge on any atom is -0.339 e. The van der Waals surface area contributed by atoms with Crippen LogP contribution in [-0.2, 0) is 13.0 Å². The number of rotatable bonds is 4. The highest BCUT2D eigenvalue weighted by molar-refractivity contribution is 9.10. The molecule has 2 aromatic rings. The second-order valence-electron chi connectivity index (χ2n) is 4.85. The van der Waals surface area contributed by atoms with Crippen LogP contribution in [0.1, 0.15) is 43.3 Å². The van der Waals surface area contributed by atoms with Crippen LogP contribution in [0, 0.1) is 0 Å². The summed E-state index contributed by atoms with van der Waals surface area (Å²) >= 11 is 3.36. The van der Waals surface area contributed by atoms with Crippen molar-refractivity contribution in [1.82, 2.24) is 25.0 Å². The molecule has 0 radical (unpaired) electrons. The Morgan fingerprint density at radius 1 is 1.40 bits per heavy atom. The SMILES string of the molecule is CCc1nc(CN2CCCC2c2ncc(Br)cn2)no1. The maximum Gasteiger partial charge on any atom is 0.226 e. The van der Waals surface area contributed by atoms with Crippen molar-refractivity contribution in [3.63, 3.8) is 0 Å². The molecule has 2 aromatic heterocycles. The number of likely N-dealkylation sites (tertiary alicyclic amines) is 1. The highest BCUT2D eigenvalue weighted by Crippen LogP contribution is 2.30. The third kappa shape index (κ3) is 2.88. The van der Waals surface area contributed by atoms with E-state index in [1.165, 1.54) is 0 Å². The molecule has 3 rings (SSSR count). The molecular formula is C13H16BrN5O. The van der Waals surface area contributed by atoms with Crippen LogP contribution >= 0.6 is 15.9 Å². The smallest absolute Gasteiger partial charge is 0.226 e. The van der Waals surface area contributed by atoms with Gasteiger partial charge in [0.25, 0.3) is 0 Å². The van der Waals surface area contributed by atoms with E-state index in [-0.39, 0.29) is 6.04 Å². The lowest BCUT2D eigenvalue weighted by Gasteiger charge is -2.21. The van der Waals surface area contributed by atoms with Crippen LogP contribution < -0.4 is 0 Å². The quantitative estimate of drug-likeness (QED) is 0.853. The van der Waals surface area contributed by atoms with E-state index in [4.69, 9.17) is 4.52 Å². The van der Waals surface area contributed by atoms with Crippen molar-refractivity contribution in [2.24, 2.45) is 0 Å². The van der Waals surface area contributed by atoms with Gasteiger partial charge in [0.2, 0.25) is 5.89 Å². The molecule has 6 nitrogen and oxygen atoms in total. The zero-order valence-electron chi connectivity index (χ0n) is 11.3. The van der Waals surface area contributed by atoms with Gasteiger partial charge in [-0.3, -0.25) is 4.90 Å². The number of nitrogens with zero attached hydrogens (tertiary/aromatic N) is 5. The second kappa shape index (κ2) is 5.97. The molecule has 7 heteroatoms. The van der Waals surface area contributed by atoms with Gasteiger partial charge in [0.15, 0.2) is 5.82 Å². The van der Waals surface area contributed by atoms with Gasteiger partial charge in [-0.05, 0) is 35.3 Å². The summed E-state index contributed by atoms with van der Waals surface area (Å²) in [5.74, 6) is 2.30. The fourth-order valence-electron chi connectivity index (χ4n) is 2.48. The molecule has 20 heavy (non-hydrogen) atoms. The largest absolute Gasteiger partial charge is 0.339 e. The molecule has 3 heterocycles. The van der Waals surface area contributed by atoms with Crippen LogP contribution in [0.4, 0.5) is 0 Å². The van der Waals surface area contributed by atoms with Crippen molar-refractivity contribution in [2.75, 3.05) is 6.54 Å². The third-order valence-corrected chi connectivity index (χ3v) is 3.87. The molecular weight excluding hydrogens is 322 g/mol. The molecule has 0 N–H and O–H groups in total. The van der Waals surface area contributed by atoms with Crippen molar-refractivity contribution in [3.05, 3.63) is 34.4 Å². The van der Waals surface area contributed by atoms with Crippen molar-refractivity contribution in [2.45, 2.75) is 38.8 Å². The Bertz CT molecular complexity index is 570. The minimum atomic E-state index is 0.242. The first-order chi connectivity index (χ1) is 9.76. The molecule has 0 amide bonds. The zero-order valence-corrected chi connectivity index (χ0v) is 12.9. The number of aryl methyl sites for hydroxylation is 1. The minimum absolute atomic E-state index is 0.242. The Balaban J connectivity index is 1.73. The Morgan fingerprint density at radius 3 is 2.90 bits per heavy atom. The number of aromatic nitrogens is 4. The maximum absolute atomic E-state index is 5.16. The molecule has 1 fully saturated rings. The van der Waals surface area contributed by atoms with E-state index in [1.807, 2.05) is 6.92 Å². The first-order valence-corrected chi connectivity index (χ1v) is 7.58. The second-order valence-corrected chi connectivity index (χ2v) is 5.76. The van der Waals surface area contributed by atoms with E-state index >= 15 is 0 Å². The van der Waals surface area contributed by atoms with Gasteiger partial charge in [-0.1, -0.05) is 12.1 Å². The molecule has 0 aliphatic carbocycles. The average molecular weight is 338 g/mol. The summed E-state index contributed by atoms with van der Waals surface area (Å²) in [6.45, 7) is 3.71. The van der Waals surface area contributed by atoms with E-state index in [2.05, 4.69) is 40.9 Å². The van der Waals surface area contributed by atoms with Gasteiger partial charge >= 0.3 is 0 Å². The maximum atomic E-state index is 5.16. The lowest BCUT2D eigenvalue weighted by atomic mass is 10.2. The highest BCUT2D eigenvalue weighted by atomic mass is 79.9. The zero-order chi connectivity index (χ0) is 13.9. The van der Waals surface area contributed by atoms with Gasteiger partial charge < -0.3 is 4.52 Å². The number of halogens is 1. The number of hydrogen-bond donors (Lipinski definition) is 0. The summed E-state index contributed by atoms with van der Waals surface area (Å²) in [5, 5.41) is 4.02. The van der Waals surface area contributed by atoms with Crippen molar-refractivity contribution < 1.29 is 4.52 Å². The predicted molar refractivity (Wildman–Crippen MR) is 75.8 cm³/mol. The molecule has 1 atom stereocenters. The van der Waals surface area contributed by atoms with Gasteiger partial charge in [-0.15, -0.1) is 0 Å². The van der Waals surface area contributed by atoms with Crippen molar-refractivity contribution >= 4 is 15.9 Å². The summed E-state index contributed by atoms with van der Waals surface area (Å²) in [7, 11) is 0. The summed E-state index contributed by atoms with van der Waals surface area (Å²) < 4.78 is 6.06. The molecule has 0 spiro atoms. The van der Waals surface area contributed by atoms with E-state index in [0.29, 0.717) is 12.4 Å². The monoisotopic (exact) mass is 337 g/mol. The van der Waals surface area contributed by atoms with E-state index in [1.54, 1.807) is 12.4 Å². The Hall–Kier alpha value is -1.34. The fourth-order valence-corrected chi connectivity index (χ4v) is 2.69. The van der Waals surface area contributed by atoms with Crippen molar-refractivity contribution in [1.29, 1.82) is 0 Å². The molecule has 106 valence electrons. The topological polar surface area (TPSA) is 67.9 Å². The van der Waals surface area contributed by atoms with Crippen molar-refractivity contribution in [3.8, 4) is 0 Å². The average Bonchev–Trinajstić information content (AvgIpc) is 3.09. The fraction of sp³-hybridized carbons (Fsp3) is 0.538. The van der Waals surface area contributed by atoms with Gasteiger partial charge in [0, 0.05) is 18.8 Å². The Morgan fingerprint density at radius 2 is 2.20 bits per heavy atom. The predicted octanol–water partition coefficient (Wildman–Crippen LogP) is 2.52. The van der Waals surface area contributed by atoms with Crippen LogP contribution in [0.5, 0.6) is 0 Å². The standard InChI is InChI=1S/C13H16BrN5O/c1-2-12-17-11(18-20-12)8-19-5-3-4-10(19)13-15-6-9(14)7-16-13/h6-7,10H,2-5,8H2,1H3. The first kappa shape index (κ1) is 13.6. The van der Waals surface area contributed by atoms with Crippen LogP contribution in [0.25, 0.3) is 0 Å². The van der Waals surface area contributed by atoms with Crippen LogP contribution in [0.3, 0.4) is 0 Å². The van der Waals surface area contributed by atoms with Crippen LogP contribution in [0.15, 0.2) is 21.4 Å². The summed E-state index contributed by atoms with van der Waals surface area (Å²) in [5.41, 5.74) is 0. The lowest BCUT2D eigenvalue weighted by molar-refractivity contribution is 0.230. The number of hydrogen-bond acceptors (Lipinski definition) is 6. The third-order valence-electron chi connectivity index (χ3n) is 3.46.